The number of nitrogens with zero attached hydrogens (tertiary/aromatic N) is 2. The van der Waals surface area contributed by atoms with Crippen LogP contribution in [0.5, 0.6) is 5.75 Å². The number of aromatic nitrogens is 2. The molecule has 0 radical (unpaired) electrons. The number of thiazole rings is 1. The SMILES string of the molecule is O=Cc1cncc(-c2nc3ccc(C(=O)N[C@H]4CCOc5ccccc54)cc3s2)c1. The van der Waals surface area contributed by atoms with Crippen LogP contribution in [-0.4, -0.2) is 28.8 Å². The fourth-order valence-electron chi connectivity index (χ4n) is 3.56. The van der Waals surface area contributed by atoms with E-state index >= 15 is 0 Å². The zero-order chi connectivity index (χ0) is 20.5. The molecule has 0 bridgehead atoms. The fraction of sp³-hybridized carbons (Fsp3) is 0.130. The van der Waals surface area contributed by atoms with Gasteiger partial charge in [0.05, 0.1) is 22.9 Å². The van der Waals surface area contributed by atoms with Crippen LogP contribution in [0.4, 0.5) is 0 Å². The molecule has 2 aromatic heterocycles. The fourth-order valence-corrected chi connectivity index (χ4v) is 4.55. The van der Waals surface area contributed by atoms with Crippen molar-refractivity contribution in [3.63, 3.8) is 0 Å². The lowest BCUT2D eigenvalue weighted by molar-refractivity contribution is 0.0924. The topological polar surface area (TPSA) is 81.2 Å². The number of fused-ring (bicyclic) bond motifs is 2. The summed E-state index contributed by atoms with van der Waals surface area (Å²) in [4.78, 5) is 32.6. The number of pyridine rings is 1. The minimum Gasteiger partial charge on any atom is -0.493 e. The predicted molar refractivity (Wildman–Crippen MR) is 115 cm³/mol. The third kappa shape index (κ3) is 3.44. The highest BCUT2D eigenvalue weighted by atomic mass is 32.1. The van der Waals surface area contributed by atoms with Gasteiger partial charge in [-0.05, 0) is 30.3 Å². The molecule has 148 valence electrons. The maximum Gasteiger partial charge on any atom is 0.251 e. The van der Waals surface area contributed by atoms with Gasteiger partial charge in [0.15, 0.2) is 6.29 Å². The van der Waals surface area contributed by atoms with Gasteiger partial charge in [0.1, 0.15) is 10.8 Å². The molecule has 0 aliphatic carbocycles. The Morgan fingerprint density at radius 2 is 2.07 bits per heavy atom. The number of para-hydroxylation sites is 1. The van der Waals surface area contributed by atoms with E-state index in [-0.39, 0.29) is 11.9 Å². The Morgan fingerprint density at radius 3 is 2.97 bits per heavy atom. The maximum atomic E-state index is 12.9. The van der Waals surface area contributed by atoms with Crippen LogP contribution in [0.2, 0.25) is 0 Å². The lowest BCUT2D eigenvalue weighted by Gasteiger charge is -2.26. The van der Waals surface area contributed by atoms with Crippen molar-refractivity contribution in [2.75, 3.05) is 6.61 Å². The van der Waals surface area contributed by atoms with Crippen LogP contribution in [-0.2, 0) is 0 Å². The molecule has 0 saturated heterocycles. The summed E-state index contributed by atoms with van der Waals surface area (Å²) in [6.45, 7) is 0.576. The first-order chi connectivity index (χ1) is 14.7. The summed E-state index contributed by atoms with van der Waals surface area (Å²) in [5, 5.41) is 3.89. The molecule has 4 aromatic rings. The molecule has 1 N–H and O–H groups in total. The standard InChI is InChI=1S/C23H17N3O3S/c27-13-14-9-16(12-24-11-14)23-26-19-6-5-15(10-21(19)30-23)22(28)25-18-7-8-29-20-4-2-1-3-17(18)20/h1-6,9-13,18H,7-8H2,(H,25,28)/t18-/m0/s1. The molecule has 1 amide bonds. The van der Waals surface area contributed by atoms with Crippen molar-refractivity contribution >= 4 is 33.7 Å². The quantitative estimate of drug-likeness (QED) is 0.499. The average molecular weight is 415 g/mol. The monoisotopic (exact) mass is 415 g/mol. The van der Waals surface area contributed by atoms with Crippen LogP contribution >= 0.6 is 11.3 Å². The summed E-state index contributed by atoms with van der Waals surface area (Å²) in [5.41, 5.74) is 3.68. The van der Waals surface area contributed by atoms with Crippen molar-refractivity contribution in [1.82, 2.24) is 15.3 Å². The molecule has 2 aromatic carbocycles. The number of hydrogen-bond acceptors (Lipinski definition) is 6. The Bertz CT molecular complexity index is 1270. The highest BCUT2D eigenvalue weighted by molar-refractivity contribution is 7.21. The first-order valence-electron chi connectivity index (χ1n) is 9.55. The van der Waals surface area contributed by atoms with Crippen molar-refractivity contribution < 1.29 is 14.3 Å². The molecule has 3 heterocycles. The largest absolute Gasteiger partial charge is 0.493 e. The molecule has 30 heavy (non-hydrogen) atoms. The van der Waals surface area contributed by atoms with Crippen LogP contribution in [0.25, 0.3) is 20.8 Å². The van der Waals surface area contributed by atoms with Crippen molar-refractivity contribution in [3.05, 3.63) is 77.6 Å². The number of hydrogen-bond donors (Lipinski definition) is 1. The Morgan fingerprint density at radius 1 is 1.17 bits per heavy atom. The molecule has 5 rings (SSSR count). The van der Waals surface area contributed by atoms with E-state index in [1.807, 2.05) is 36.4 Å². The minimum atomic E-state index is -0.127. The Labute approximate surface area is 176 Å². The van der Waals surface area contributed by atoms with Crippen molar-refractivity contribution in [2.24, 2.45) is 0 Å². The Hall–Kier alpha value is -3.58. The van der Waals surface area contributed by atoms with Crippen molar-refractivity contribution in [2.45, 2.75) is 12.5 Å². The van der Waals surface area contributed by atoms with Crippen LogP contribution in [0.15, 0.2) is 60.9 Å². The molecule has 0 saturated carbocycles. The van der Waals surface area contributed by atoms with Crippen molar-refractivity contribution in [1.29, 1.82) is 0 Å². The maximum absolute atomic E-state index is 12.9. The number of ether oxygens (including phenoxy) is 1. The number of nitrogens with one attached hydrogen (secondary N) is 1. The van der Waals surface area contributed by atoms with Gasteiger partial charge in [-0.15, -0.1) is 11.3 Å². The van der Waals surface area contributed by atoms with E-state index in [0.29, 0.717) is 17.7 Å². The van der Waals surface area contributed by atoms with Gasteiger partial charge in [-0.25, -0.2) is 4.98 Å². The average Bonchev–Trinajstić information content (AvgIpc) is 3.23. The summed E-state index contributed by atoms with van der Waals surface area (Å²) in [6.07, 6.45) is 4.69. The number of carbonyl (C=O) groups excluding carboxylic acids is 2. The molecule has 0 fully saturated rings. The normalized spacial score (nSPS) is 15.3. The number of carbonyl (C=O) groups is 2. The molecule has 1 aliphatic rings. The third-order valence-corrected chi connectivity index (χ3v) is 6.12. The van der Waals surface area contributed by atoms with Gasteiger partial charge in [-0.3, -0.25) is 14.6 Å². The van der Waals surface area contributed by atoms with Crippen LogP contribution < -0.4 is 10.1 Å². The number of amides is 1. The second kappa shape index (κ2) is 7.68. The molecule has 7 heteroatoms. The van der Waals surface area contributed by atoms with E-state index in [2.05, 4.69) is 15.3 Å². The van der Waals surface area contributed by atoms with Gasteiger partial charge >= 0.3 is 0 Å². The van der Waals surface area contributed by atoms with E-state index in [0.717, 1.165) is 44.8 Å². The van der Waals surface area contributed by atoms with Gasteiger partial charge in [-0.1, -0.05) is 18.2 Å². The minimum absolute atomic E-state index is 0.0766. The zero-order valence-electron chi connectivity index (χ0n) is 15.9. The van der Waals surface area contributed by atoms with Crippen molar-refractivity contribution in [3.8, 4) is 16.3 Å². The zero-order valence-corrected chi connectivity index (χ0v) is 16.7. The lowest BCUT2D eigenvalue weighted by Crippen LogP contribution is -2.32. The van der Waals surface area contributed by atoms with E-state index in [9.17, 15) is 9.59 Å². The van der Waals surface area contributed by atoms with Gasteiger partial charge < -0.3 is 10.1 Å². The molecular weight excluding hydrogens is 398 g/mol. The van der Waals surface area contributed by atoms with Gasteiger partial charge in [0.2, 0.25) is 0 Å². The lowest BCUT2D eigenvalue weighted by atomic mass is 10.00. The molecule has 0 unspecified atom stereocenters. The summed E-state index contributed by atoms with van der Waals surface area (Å²) in [6, 6.07) is 15.0. The third-order valence-electron chi connectivity index (χ3n) is 5.06. The number of benzene rings is 2. The predicted octanol–water partition coefficient (Wildman–Crippen LogP) is 4.42. The molecular formula is C23H17N3O3S. The van der Waals surface area contributed by atoms with Gasteiger partial charge in [0, 0.05) is 41.1 Å². The van der Waals surface area contributed by atoms with E-state index < -0.39 is 0 Å². The Kier molecular flexibility index (Phi) is 4.72. The number of aldehydes is 1. The Balaban J connectivity index is 1.41. The van der Waals surface area contributed by atoms with Crippen LogP contribution in [0, 0.1) is 0 Å². The molecule has 6 nitrogen and oxygen atoms in total. The molecule has 0 spiro atoms. The first-order valence-corrected chi connectivity index (χ1v) is 10.4. The van der Waals surface area contributed by atoms with Crippen LogP contribution in [0.1, 0.15) is 38.7 Å². The smallest absolute Gasteiger partial charge is 0.251 e. The van der Waals surface area contributed by atoms with Gasteiger partial charge in [-0.2, -0.15) is 0 Å². The summed E-state index contributed by atoms with van der Waals surface area (Å²) >= 11 is 1.47. The first kappa shape index (κ1) is 18.4. The van der Waals surface area contributed by atoms with Gasteiger partial charge in [0.25, 0.3) is 5.91 Å². The van der Waals surface area contributed by atoms with E-state index in [4.69, 9.17) is 4.74 Å². The molecule has 1 aliphatic heterocycles. The summed E-state index contributed by atoms with van der Waals surface area (Å²) < 4.78 is 6.58. The summed E-state index contributed by atoms with van der Waals surface area (Å²) in [7, 11) is 0. The number of rotatable bonds is 4. The highest BCUT2D eigenvalue weighted by Gasteiger charge is 2.23. The molecule has 1 atom stereocenters. The van der Waals surface area contributed by atoms with Crippen LogP contribution in [0.3, 0.4) is 0 Å². The highest BCUT2D eigenvalue weighted by Crippen LogP contribution is 2.33. The van der Waals surface area contributed by atoms with E-state index in [1.165, 1.54) is 17.5 Å². The second-order valence-corrected chi connectivity index (χ2v) is 8.06. The summed E-state index contributed by atoms with van der Waals surface area (Å²) in [5.74, 6) is 0.695. The van der Waals surface area contributed by atoms with E-state index in [1.54, 1.807) is 18.3 Å². The second-order valence-electron chi connectivity index (χ2n) is 7.03.